The van der Waals surface area contributed by atoms with Crippen molar-refractivity contribution in [1.29, 1.82) is 0 Å². The van der Waals surface area contributed by atoms with Gasteiger partial charge in [0.25, 0.3) is 0 Å². The molecular weight excluding hydrogens is 488 g/mol. The maximum Gasteiger partial charge on any atom is 0.234 e. The zero-order chi connectivity index (χ0) is 24.5. The molecule has 5 nitrogen and oxygen atoms in total. The molecule has 2 aromatic carbocycles. The Morgan fingerprint density at radius 2 is 1.61 bits per heavy atom. The number of fused-ring (bicyclic) bond motifs is 1. The summed E-state index contributed by atoms with van der Waals surface area (Å²) >= 11 is 8.29. The first kappa shape index (κ1) is 24.1. The summed E-state index contributed by atoms with van der Waals surface area (Å²) in [6, 6.07) is 21.4. The highest BCUT2D eigenvalue weighted by atomic mass is 35.5. The summed E-state index contributed by atoms with van der Waals surface area (Å²) in [6.07, 6.45) is 8.81. The Kier molecular flexibility index (Phi) is 7.07. The molecule has 1 saturated heterocycles. The molecule has 0 bridgehead atoms. The van der Waals surface area contributed by atoms with Gasteiger partial charge < -0.3 is 5.32 Å². The first-order chi connectivity index (χ1) is 17.7. The average Bonchev–Trinajstić information content (AvgIpc) is 3.34. The lowest BCUT2D eigenvalue weighted by Crippen LogP contribution is -2.57. The van der Waals surface area contributed by atoms with E-state index in [1.54, 1.807) is 11.8 Å². The number of hydrogen-bond acceptors (Lipinski definition) is 4. The van der Waals surface area contributed by atoms with Crippen molar-refractivity contribution in [3.8, 4) is 11.4 Å². The molecule has 5 atom stereocenters. The van der Waals surface area contributed by atoms with Crippen molar-refractivity contribution < 1.29 is 4.79 Å². The van der Waals surface area contributed by atoms with Gasteiger partial charge in [-0.25, -0.2) is 0 Å². The number of rotatable bonds is 5. The second-order valence-corrected chi connectivity index (χ2v) is 12.2. The van der Waals surface area contributed by atoms with Gasteiger partial charge in [0.1, 0.15) is 0 Å². The number of carbonyl (C=O) groups excluding carboxylic acids is 1. The van der Waals surface area contributed by atoms with Crippen LogP contribution < -0.4 is 5.32 Å². The average molecular weight is 521 g/mol. The summed E-state index contributed by atoms with van der Waals surface area (Å²) < 4.78 is 2.34. The highest BCUT2D eigenvalue weighted by molar-refractivity contribution is 8.00. The lowest BCUT2D eigenvalue weighted by molar-refractivity contribution is -0.125. The topological polar surface area (TPSA) is 59.8 Å². The molecule has 7 heteroatoms. The maximum atomic E-state index is 13.7. The van der Waals surface area contributed by atoms with Crippen molar-refractivity contribution in [2.24, 2.45) is 5.92 Å². The Labute approximate surface area is 222 Å². The Bertz CT molecular complexity index is 1180. The van der Waals surface area contributed by atoms with Crippen molar-refractivity contribution in [3.63, 3.8) is 0 Å². The van der Waals surface area contributed by atoms with E-state index in [0.717, 1.165) is 48.6 Å². The molecule has 188 valence electrons. The van der Waals surface area contributed by atoms with Gasteiger partial charge in [0.15, 0.2) is 11.0 Å². The number of piperidine rings is 1. The van der Waals surface area contributed by atoms with Crippen LogP contribution in [-0.4, -0.2) is 37.3 Å². The van der Waals surface area contributed by atoms with Gasteiger partial charge in [-0.2, -0.15) is 0 Å². The van der Waals surface area contributed by atoms with Crippen LogP contribution in [0.3, 0.4) is 0 Å². The first-order valence-electron chi connectivity index (χ1n) is 13.4. The fraction of sp³-hybridized carbons (Fsp3) is 0.483. The third-order valence-electron chi connectivity index (χ3n) is 8.26. The van der Waals surface area contributed by atoms with E-state index in [2.05, 4.69) is 51.4 Å². The molecule has 1 aromatic heterocycles. The Morgan fingerprint density at radius 3 is 2.36 bits per heavy atom. The summed E-state index contributed by atoms with van der Waals surface area (Å²) in [4.78, 5) is 13.7. The summed E-state index contributed by atoms with van der Waals surface area (Å²) in [5, 5.41) is 13.5. The maximum absolute atomic E-state index is 13.7. The number of alkyl halides is 1. The van der Waals surface area contributed by atoms with E-state index < -0.39 is 0 Å². The summed E-state index contributed by atoms with van der Waals surface area (Å²) in [7, 11) is 0. The molecule has 1 N–H and O–H groups in total. The zero-order valence-electron chi connectivity index (χ0n) is 20.4. The number of benzene rings is 2. The lowest BCUT2D eigenvalue weighted by atomic mass is 9.69. The van der Waals surface area contributed by atoms with E-state index in [4.69, 9.17) is 16.7 Å². The van der Waals surface area contributed by atoms with Crippen molar-refractivity contribution in [3.05, 3.63) is 66.2 Å². The molecule has 6 rings (SSSR count). The Morgan fingerprint density at radius 1 is 0.889 bits per heavy atom. The quantitative estimate of drug-likeness (QED) is 0.385. The molecular formula is C29H33ClN4OS. The Hall–Kier alpha value is -2.31. The van der Waals surface area contributed by atoms with E-state index in [1.165, 1.54) is 24.8 Å². The number of hydrogen-bond donors (Lipinski definition) is 1. The van der Waals surface area contributed by atoms with E-state index in [1.807, 2.05) is 24.3 Å². The first-order valence-corrected chi connectivity index (χ1v) is 14.7. The fourth-order valence-corrected chi connectivity index (χ4v) is 8.20. The third-order valence-corrected chi connectivity index (χ3v) is 9.91. The van der Waals surface area contributed by atoms with Crippen LogP contribution >= 0.6 is 23.4 Å². The molecule has 5 unspecified atom stereocenters. The van der Waals surface area contributed by atoms with Crippen molar-refractivity contribution in [2.75, 3.05) is 0 Å². The van der Waals surface area contributed by atoms with Crippen LogP contribution in [0.4, 0.5) is 0 Å². The molecule has 2 saturated carbocycles. The highest BCUT2D eigenvalue weighted by Gasteiger charge is 2.48. The predicted molar refractivity (Wildman–Crippen MR) is 145 cm³/mol. The number of carbonyl (C=O) groups is 1. The SMILES string of the molecule is O=C1NC2CCC(Cl)CC2C(c2ccccc2)C1Sc1nnc(-c2ccccc2)n1C1CCCCC1. The molecule has 1 aliphatic heterocycles. The summed E-state index contributed by atoms with van der Waals surface area (Å²) in [6.45, 7) is 0. The molecule has 2 aliphatic carbocycles. The molecule has 0 radical (unpaired) electrons. The number of amides is 1. The molecule has 3 aromatic rings. The zero-order valence-corrected chi connectivity index (χ0v) is 22.0. The van der Waals surface area contributed by atoms with E-state index in [0.29, 0.717) is 12.0 Å². The standard InChI is InChI=1S/C29H33ClN4OS/c30-21-16-17-24-23(18-21)25(19-10-4-1-5-11-19)26(28(35)31-24)36-29-33-32-27(20-12-6-2-7-13-20)34(29)22-14-8-3-9-15-22/h1-2,4-7,10-13,21-26H,3,8-9,14-18H2,(H,31,35). The minimum Gasteiger partial charge on any atom is -0.352 e. The van der Waals surface area contributed by atoms with Crippen LogP contribution in [0.25, 0.3) is 11.4 Å². The molecule has 3 aliphatic rings. The van der Waals surface area contributed by atoms with Gasteiger partial charge in [-0.3, -0.25) is 9.36 Å². The van der Waals surface area contributed by atoms with Gasteiger partial charge in [-0.15, -0.1) is 21.8 Å². The summed E-state index contributed by atoms with van der Waals surface area (Å²) in [5.41, 5.74) is 2.30. The molecule has 3 fully saturated rings. The fourth-order valence-electron chi connectivity index (χ4n) is 6.53. The van der Waals surface area contributed by atoms with Crippen molar-refractivity contribution in [1.82, 2.24) is 20.1 Å². The van der Waals surface area contributed by atoms with Gasteiger partial charge >= 0.3 is 0 Å². The van der Waals surface area contributed by atoms with Crippen LogP contribution in [0.5, 0.6) is 0 Å². The van der Waals surface area contributed by atoms with E-state index >= 15 is 0 Å². The molecule has 2 heterocycles. The largest absolute Gasteiger partial charge is 0.352 e. The lowest BCUT2D eigenvalue weighted by Gasteiger charge is -2.46. The number of halogens is 1. The van der Waals surface area contributed by atoms with Crippen molar-refractivity contribution in [2.45, 2.75) is 85.2 Å². The van der Waals surface area contributed by atoms with Gasteiger partial charge in [0.05, 0.1) is 5.25 Å². The normalized spacial score (nSPS) is 28.9. The molecule has 1 amide bonds. The number of nitrogens with one attached hydrogen (secondary N) is 1. The van der Waals surface area contributed by atoms with Gasteiger partial charge in [0, 0.05) is 28.9 Å². The Balaban J connectivity index is 1.40. The minimum absolute atomic E-state index is 0.0909. The number of aromatic nitrogens is 3. The van der Waals surface area contributed by atoms with E-state index in [-0.39, 0.29) is 28.5 Å². The molecule has 0 spiro atoms. The number of nitrogens with zero attached hydrogens (tertiary/aromatic N) is 3. The smallest absolute Gasteiger partial charge is 0.234 e. The van der Waals surface area contributed by atoms with Crippen LogP contribution in [-0.2, 0) is 4.79 Å². The monoisotopic (exact) mass is 520 g/mol. The van der Waals surface area contributed by atoms with Gasteiger partial charge in [0.2, 0.25) is 5.91 Å². The van der Waals surface area contributed by atoms with Crippen LogP contribution in [0.2, 0.25) is 0 Å². The summed E-state index contributed by atoms with van der Waals surface area (Å²) in [5.74, 6) is 1.43. The molecule has 36 heavy (non-hydrogen) atoms. The minimum atomic E-state index is -0.272. The highest BCUT2D eigenvalue weighted by Crippen LogP contribution is 2.48. The van der Waals surface area contributed by atoms with Gasteiger partial charge in [-0.1, -0.05) is 91.7 Å². The third kappa shape index (κ3) is 4.70. The van der Waals surface area contributed by atoms with Crippen LogP contribution in [0.1, 0.15) is 68.9 Å². The second kappa shape index (κ2) is 10.6. The second-order valence-electron chi connectivity index (χ2n) is 10.5. The number of thioether (sulfide) groups is 1. The van der Waals surface area contributed by atoms with Crippen molar-refractivity contribution >= 4 is 29.3 Å². The van der Waals surface area contributed by atoms with Crippen LogP contribution in [0.15, 0.2) is 65.8 Å². The predicted octanol–water partition coefficient (Wildman–Crippen LogP) is 6.60. The van der Waals surface area contributed by atoms with E-state index in [9.17, 15) is 4.79 Å². The van der Waals surface area contributed by atoms with Crippen LogP contribution in [0, 0.1) is 5.92 Å². The van der Waals surface area contributed by atoms with Gasteiger partial charge in [-0.05, 0) is 43.6 Å².